The molecule has 0 saturated carbocycles. The van der Waals surface area contributed by atoms with Crippen LogP contribution in [0.3, 0.4) is 0 Å². The van der Waals surface area contributed by atoms with Crippen molar-refractivity contribution in [2.75, 3.05) is 0 Å². The van der Waals surface area contributed by atoms with E-state index in [0.29, 0.717) is 13.2 Å². The van der Waals surface area contributed by atoms with E-state index < -0.39 is 0 Å². The maximum atomic E-state index is 12.3. The van der Waals surface area contributed by atoms with Crippen molar-refractivity contribution in [2.45, 2.75) is 19.6 Å². The number of benzene rings is 2. The number of carbonyl (C=O) groups is 1. The Morgan fingerprint density at radius 2 is 1.83 bits per heavy atom. The van der Waals surface area contributed by atoms with E-state index in [4.69, 9.17) is 4.74 Å². The van der Waals surface area contributed by atoms with Gasteiger partial charge in [-0.15, -0.1) is 22.7 Å². The lowest BCUT2D eigenvalue weighted by Gasteiger charge is -2.09. The molecule has 0 aliphatic carbocycles. The molecule has 0 fully saturated rings. The quantitative estimate of drug-likeness (QED) is 0.420. The Bertz CT molecular complexity index is 1060. The third-order valence-corrected chi connectivity index (χ3v) is 6.19. The zero-order chi connectivity index (χ0) is 19.9. The van der Waals surface area contributed by atoms with Gasteiger partial charge in [0.1, 0.15) is 17.4 Å². The van der Waals surface area contributed by atoms with Crippen LogP contribution in [0.25, 0.3) is 9.88 Å². The predicted octanol–water partition coefficient (Wildman–Crippen LogP) is 5.31. The van der Waals surface area contributed by atoms with Crippen LogP contribution in [-0.4, -0.2) is 10.9 Å². The molecule has 2 aromatic heterocycles. The summed E-state index contributed by atoms with van der Waals surface area (Å²) in [7, 11) is 0. The molecule has 4 aromatic rings. The summed E-state index contributed by atoms with van der Waals surface area (Å²) in [5.41, 5.74) is 2.92. The number of aromatic nitrogens is 1. The Balaban J connectivity index is 1.28. The fourth-order valence-electron chi connectivity index (χ4n) is 2.82. The van der Waals surface area contributed by atoms with E-state index in [1.807, 2.05) is 77.5 Å². The Hall–Kier alpha value is -2.96. The first-order valence-corrected chi connectivity index (χ1v) is 11.0. The zero-order valence-electron chi connectivity index (χ0n) is 15.7. The number of amides is 1. The fraction of sp³-hybridized carbons (Fsp3) is 0.130. The molecule has 0 unspecified atom stereocenters. The minimum absolute atomic E-state index is 0.0383. The smallest absolute Gasteiger partial charge is 0.226 e. The van der Waals surface area contributed by atoms with Gasteiger partial charge in [0.2, 0.25) is 5.91 Å². The molecule has 4 rings (SSSR count). The van der Waals surface area contributed by atoms with Crippen LogP contribution in [0, 0.1) is 0 Å². The molecule has 0 aliphatic rings. The monoisotopic (exact) mass is 420 g/mol. The van der Waals surface area contributed by atoms with Crippen molar-refractivity contribution in [1.29, 1.82) is 0 Å². The molecule has 0 bridgehead atoms. The van der Waals surface area contributed by atoms with Gasteiger partial charge in [0.05, 0.1) is 17.0 Å². The zero-order valence-corrected chi connectivity index (χ0v) is 17.3. The van der Waals surface area contributed by atoms with Crippen LogP contribution >= 0.6 is 22.7 Å². The van der Waals surface area contributed by atoms with Crippen molar-refractivity contribution in [1.82, 2.24) is 10.3 Å². The Morgan fingerprint density at radius 3 is 2.66 bits per heavy atom. The number of thiazole rings is 1. The molecule has 4 nitrogen and oxygen atoms in total. The van der Waals surface area contributed by atoms with Gasteiger partial charge in [0.15, 0.2) is 0 Å². The average Bonchev–Trinajstić information content (AvgIpc) is 3.44. The van der Waals surface area contributed by atoms with Crippen LogP contribution in [0.2, 0.25) is 0 Å². The van der Waals surface area contributed by atoms with E-state index in [1.54, 1.807) is 22.7 Å². The number of rotatable bonds is 8. The van der Waals surface area contributed by atoms with Gasteiger partial charge >= 0.3 is 0 Å². The van der Waals surface area contributed by atoms with Crippen molar-refractivity contribution in [3.63, 3.8) is 0 Å². The minimum Gasteiger partial charge on any atom is -0.489 e. The van der Waals surface area contributed by atoms with Gasteiger partial charge < -0.3 is 10.1 Å². The number of ether oxygens (including phenoxy) is 1. The highest BCUT2D eigenvalue weighted by molar-refractivity contribution is 7.20. The van der Waals surface area contributed by atoms with Crippen molar-refractivity contribution >= 4 is 28.6 Å². The molecule has 1 N–H and O–H groups in total. The number of nitrogens with zero attached hydrogens (tertiary/aromatic N) is 1. The summed E-state index contributed by atoms with van der Waals surface area (Å²) in [6, 6.07) is 21.9. The SMILES string of the molecule is O=C(Cc1csc(-c2cccs2)n1)NCc1cccc(OCc2ccccc2)c1. The minimum atomic E-state index is -0.0383. The summed E-state index contributed by atoms with van der Waals surface area (Å²) in [4.78, 5) is 18.0. The Labute approximate surface area is 177 Å². The molecule has 2 heterocycles. The van der Waals surface area contributed by atoms with E-state index in [2.05, 4.69) is 10.3 Å². The topological polar surface area (TPSA) is 51.2 Å². The summed E-state index contributed by atoms with van der Waals surface area (Å²) >= 11 is 3.23. The first-order valence-electron chi connectivity index (χ1n) is 9.27. The first-order chi connectivity index (χ1) is 14.3. The average molecular weight is 421 g/mol. The normalized spacial score (nSPS) is 10.6. The summed E-state index contributed by atoms with van der Waals surface area (Å²) in [6.07, 6.45) is 0.284. The number of hydrogen-bond donors (Lipinski definition) is 1. The highest BCUT2D eigenvalue weighted by Gasteiger charge is 2.10. The van der Waals surface area contributed by atoms with Gasteiger partial charge in [-0.1, -0.05) is 48.5 Å². The molecule has 146 valence electrons. The molecule has 29 heavy (non-hydrogen) atoms. The third kappa shape index (κ3) is 5.53. The molecular formula is C23H20N2O2S2. The molecule has 2 aromatic carbocycles. The highest BCUT2D eigenvalue weighted by Crippen LogP contribution is 2.27. The number of hydrogen-bond acceptors (Lipinski definition) is 5. The fourth-order valence-corrected chi connectivity index (χ4v) is 4.45. The molecule has 6 heteroatoms. The van der Waals surface area contributed by atoms with Gasteiger partial charge in [0.25, 0.3) is 0 Å². The van der Waals surface area contributed by atoms with E-state index in [-0.39, 0.29) is 12.3 Å². The van der Waals surface area contributed by atoms with E-state index >= 15 is 0 Å². The standard InChI is InChI=1S/C23H20N2O2S2/c26-22(13-19-16-29-23(25-19)21-10-5-11-28-21)24-14-18-8-4-9-20(12-18)27-15-17-6-2-1-3-7-17/h1-12,16H,13-15H2,(H,24,26). The maximum Gasteiger partial charge on any atom is 0.226 e. The van der Waals surface area contributed by atoms with Crippen molar-refractivity contribution < 1.29 is 9.53 Å². The highest BCUT2D eigenvalue weighted by atomic mass is 32.1. The van der Waals surface area contributed by atoms with Gasteiger partial charge in [-0.2, -0.15) is 0 Å². The van der Waals surface area contributed by atoms with Gasteiger partial charge in [-0.05, 0) is 34.7 Å². The largest absolute Gasteiger partial charge is 0.489 e. The molecule has 0 spiro atoms. The second-order valence-corrected chi connectivity index (χ2v) is 8.30. The number of carbonyl (C=O) groups excluding carboxylic acids is 1. The van der Waals surface area contributed by atoms with Crippen LogP contribution in [0.4, 0.5) is 0 Å². The number of thiophene rings is 1. The van der Waals surface area contributed by atoms with E-state index in [9.17, 15) is 4.79 Å². The molecule has 0 saturated heterocycles. The second kappa shape index (κ2) is 9.49. The summed E-state index contributed by atoms with van der Waals surface area (Å²) in [6.45, 7) is 0.982. The third-order valence-electron chi connectivity index (χ3n) is 4.26. The van der Waals surface area contributed by atoms with Gasteiger partial charge in [0, 0.05) is 11.9 Å². The molecule has 1 amide bonds. The Kier molecular flexibility index (Phi) is 6.34. The second-order valence-electron chi connectivity index (χ2n) is 6.50. The molecular weight excluding hydrogens is 400 g/mol. The van der Waals surface area contributed by atoms with Crippen LogP contribution in [0.15, 0.2) is 77.5 Å². The summed E-state index contributed by atoms with van der Waals surface area (Å²) in [5.74, 6) is 0.754. The van der Waals surface area contributed by atoms with Gasteiger partial charge in [-0.25, -0.2) is 4.98 Å². The van der Waals surface area contributed by atoms with Gasteiger partial charge in [-0.3, -0.25) is 4.79 Å². The van der Waals surface area contributed by atoms with Crippen LogP contribution in [-0.2, 0) is 24.4 Å². The van der Waals surface area contributed by atoms with Crippen LogP contribution in [0.5, 0.6) is 5.75 Å². The number of nitrogens with one attached hydrogen (secondary N) is 1. The lowest BCUT2D eigenvalue weighted by molar-refractivity contribution is -0.120. The predicted molar refractivity (Wildman–Crippen MR) is 118 cm³/mol. The van der Waals surface area contributed by atoms with Crippen LogP contribution in [0.1, 0.15) is 16.8 Å². The van der Waals surface area contributed by atoms with Crippen molar-refractivity contribution in [3.8, 4) is 15.6 Å². The lowest BCUT2D eigenvalue weighted by Crippen LogP contribution is -2.24. The molecule has 0 atom stereocenters. The first kappa shape index (κ1) is 19.4. The van der Waals surface area contributed by atoms with E-state index in [0.717, 1.165) is 32.5 Å². The van der Waals surface area contributed by atoms with Crippen molar-refractivity contribution in [2.24, 2.45) is 0 Å². The molecule has 0 radical (unpaired) electrons. The summed E-state index contributed by atoms with van der Waals surface area (Å²) < 4.78 is 5.85. The van der Waals surface area contributed by atoms with E-state index in [1.165, 1.54) is 0 Å². The maximum absolute atomic E-state index is 12.3. The molecule has 0 aliphatic heterocycles. The summed E-state index contributed by atoms with van der Waals surface area (Å²) in [5, 5.41) is 7.91. The Morgan fingerprint density at radius 1 is 0.966 bits per heavy atom. The lowest BCUT2D eigenvalue weighted by atomic mass is 10.2. The van der Waals surface area contributed by atoms with Crippen molar-refractivity contribution in [3.05, 3.63) is 94.3 Å². The van der Waals surface area contributed by atoms with Crippen LogP contribution < -0.4 is 10.1 Å².